The van der Waals surface area contributed by atoms with Gasteiger partial charge in [-0.1, -0.05) is 20.3 Å². The van der Waals surface area contributed by atoms with Gasteiger partial charge in [0.25, 0.3) is 0 Å². The molecule has 2 amide bonds. The molecule has 5 heteroatoms. The van der Waals surface area contributed by atoms with Crippen molar-refractivity contribution < 1.29 is 19.5 Å². The Morgan fingerprint density at radius 2 is 1.72 bits per heavy atom. The van der Waals surface area contributed by atoms with Crippen LogP contribution < -0.4 is 0 Å². The molecule has 0 spiro atoms. The molecular weight excluding hydrogens is 234 g/mol. The molecule has 2 rings (SSSR count). The first-order chi connectivity index (χ1) is 8.37. The Morgan fingerprint density at radius 1 is 1.17 bits per heavy atom. The molecule has 2 fully saturated rings. The van der Waals surface area contributed by atoms with Gasteiger partial charge in [0.15, 0.2) is 0 Å². The average Bonchev–Trinajstić information content (AvgIpc) is 2.73. The topological polar surface area (TPSA) is 74.7 Å². The Morgan fingerprint density at radius 3 is 2.22 bits per heavy atom. The molecule has 100 valence electrons. The van der Waals surface area contributed by atoms with E-state index in [1.807, 2.05) is 13.8 Å². The minimum atomic E-state index is -0.800. The van der Waals surface area contributed by atoms with E-state index in [9.17, 15) is 14.4 Å². The van der Waals surface area contributed by atoms with Crippen molar-refractivity contribution in [2.24, 2.45) is 17.3 Å². The van der Waals surface area contributed by atoms with Crippen LogP contribution >= 0.6 is 0 Å². The number of carboxylic acid groups (broad SMARTS) is 1. The van der Waals surface area contributed by atoms with Crippen LogP contribution in [0.4, 0.5) is 0 Å². The van der Waals surface area contributed by atoms with Gasteiger partial charge in [-0.05, 0) is 18.3 Å². The van der Waals surface area contributed by atoms with Gasteiger partial charge in [0.2, 0.25) is 11.8 Å². The number of nitrogens with zero attached hydrogens (tertiary/aromatic N) is 1. The van der Waals surface area contributed by atoms with Crippen LogP contribution in [0, 0.1) is 17.3 Å². The molecule has 0 aromatic carbocycles. The van der Waals surface area contributed by atoms with Crippen molar-refractivity contribution in [3.63, 3.8) is 0 Å². The number of amides is 2. The van der Waals surface area contributed by atoms with Crippen LogP contribution in [-0.2, 0) is 14.4 Å². The van der Waals surface area contributed by atoms with E-state index in [4.69, 9.17) is 5.11 Å². The first-order valence-electron chi connectivity index (χ1n) is 6.44. The van der Waals surface area contributed by atoms with Gasteiger partial charge in [0.05, 0.1) is 11.8 Å². The molecule has 2 aliphatic rings. The molecular formula is C13H19NO4. The van der Waals surface area contributed by atoms with Crippen molar-refractivity contribution in [3.8, 4) is 0 Å². The number of imide groups is 1. The lowest BCUT2D eigenvalue weighted by atomic mass is 10.1. The smallest absolute Gasteiger partial charge is 0.303 e. The monoisotopic (exact) mass is 253 g/mol. The van der Waals surface area contributed by atoms with E-state index in [1.165, 1.54) is 4.90 Å². The number of piperidine rings is 1. The van der Waals surface area contributed by atoms with Gasteiger partial charge in [-0.3, -0.25) is 19.3 Å². The van der Waals surface area contributed by atoms with Crippen LogP contribution in [0.25, 0.3) is 0 Å². The Hall–Kier alpha value is -1.39. The fraction of sp³-hybridized carbons (Fsp3) is 0.769. The van der Waals surface area contributed by atoms with Crippen LogP contribution in [0.2, 0.25) is 0 Å². The first kappa shape index (κ1) is 13.1. The van der Waals surface area contributed by atoms with Gasteiger partial charge >= 0.3 is 5.97 Å². The van der Waals surface area contributed by atoms with Crippen molar-refractivity contribution in [1.82, 2.24) is 4.90 Å². The molecule has 0 aromatic rings. The third-order valence-electron chi connectivity index (χ3n) is 4.16. The number of rotatable bonds is 6. The molecule has 2 atom stereocenters. The molecule has 1 aliphatic heterocycles. The van der Waals surface area contributed by atoms with Crippen molar-refractivity contribution in [1.29, 1.82) is 0 Å². The second kappa shape index (κ2) is 4.37. The van der Waals surface area contributed by atoms with Crippen LogP contribution in [-0.4, -0.2) is 34.3 Å². The number of likely N-dealkylation sites (tertiary alicyclic amines) is 1. The van der Waals surface area contributed by atoms with Crippen LogP contribution in [0.3, 0.4) is 0 Å². The van der Waals surface area contributed by atoms with E-state index in [0.29, 0.717) is 19.4 Å². The SMILES string of the molecule is CC1(C)C2C(=O)N(CCCCCC(=O)O)C(=O)C21. The van der Waals surface area contributed by atoms with Gasteiger partial charge < -0.3 is 5.11 Å². The molecule has 1 aliphatic carbocycles. The predicted molar refractivity (Wildman–Crippen MR) is 63.6 cm³/mol. The molecule has 0 bridgehead atoms. The summed E-state index contributed by atoms with van der Waals surface area (Å²) in [5.74, 6) is -1.08. The van der Waals surface area contributed by atoms with E-state index in [1.54, 1.807) is 0 Å². The van der Waals surface area contributed by atoms with E-state index in [-0.39, 0.29) is 35.5 Å². The average molecular weight is 253 g/mol. The number of carboxylic acids is 1. The Labute approximate surface area is 106 Å². The highest BCUT2D eigenvalue weighted by atomic mass is 16.4. The Kier molecular flexibility index (Phi) is 3.17. The van der Waals surface area contributed by atoms with Crippen LogP contribution in [0.5, 0.6) is 0 Å². The summed E-state index contributed by atoms with van der Waals surface area (Å²) in [7, 11) is 0. The second-order valence-corrected chi connectivity index (χ2v) is 5.81. The zero-order chi connectivity index (χ0) is 13.5. The van der Waals surface area contributed by atoms with Gasteiger partial charge in [0.1, 0.15) is 0 Å². The molecule has 0 aromatic heterocycles. The standard InChI is InChI=1S/C13H19NO4/c1-13(2)9-10(13)12(18)14(11(9)17)7-5-3-4-6-8(15)16/h9-10H,3-7H2,1-2H3,(H,15,16). The molecule has 5 nitrogen and oxygen atoms in total. The first-order valence-corrected chi connectivity index (χ1v) is 6.44. The van der Waals surface area contributed by atoms with Crippen molar-refractivity contribution in [2.45, 2.75) is 39.5 Å². The number of hydrogen-bond donors (Lipinski definition) is 1. The zero-order valence-corrected chi connectivity index (χ0v) is 10.8. The highest BCUT2D eigenvalue weighted by Gasteiger charge is 2.72. The van der Waals surface area contributed by atoms with E-state index in [2.05, 4.69) is 0 Å². The van der Waals surface area contributed by atoms with Gasteiger partial charge in [0, 0.05) is 13.0 Å². The summed E-state index contributed by atoms with van der Waals surface area (Å²) in [5.41, 5.74) is -0.145. The molecule has 0 radical (unpaired) electrons. The fourth-order valence-electron chi connectivity index (χ4n) is 2.95. The van der Waals surface area contributed by atoms with E-state index in [0.717, 1.165) is 6.42 Å². The maximum atomic E-state index is 12.0. The number of carbonyl (C=O) groups is 3. The van der Waals surface area contributed by atoms with E-state index < -0.39 is 5.97 Å². The highest BCUT2D eigenvalue weighted by molar-refractivity contribution is 6.10. The van der Waals surface area contributed by atoms with Gasteiger partial charge in [-0.15, -0.1) is 0 Å². The predicted octanol–water partition coefficient (Wildman–Crippen LogP) is 1.27. The summed E-state index contributed by atoms with van der Waals surface area (Å²) in [6.45, 7) is 4.37. The lowest BCUT2D eigenvalue weighted by Gasteiger charge is -2.20. The number of unbranched alkanes of at least 4 members (excludes halogenated alkanes) is 2. The second-order valence-electron chi connectivity index (χ2n) is 5.81. The van der Waals surface area contributed by atoms with Crippen molar-refractivity contribution in [2.75, 3.05) is 6.54 Å². The minimum Gasteiger partial charge on any atom is -0.481 e. The number of hydrogen-bond acceptors (Lipinski definition) is 3. The summed E-state index contributed by atoms with van der Waals surface area (Å²) in [4.78, 5) is 35.6. The number of fused-ring (bicyclic) bond motifs is 1. The molecule has 1 heterocycles. The molecule has 1 saturated heterocycles. The third kappa shape index (κ3) is 2.02. The fourth-order valence-corrected chi connectivity index (χ4v) is 2.95. The Balaban J connectivity index is 1.74. The maximum Gasteiger partial charge on any atom is 0.303 e. The normalized spacial score (nSPS) is 28.4. The van der Waals surface area contributed by atoms with Crippen molar-refractivity contribution in [3.05, 3.63) is 0 Å². The lowest BCUT2D eigenvalue weighted by molar-refractivity contribution is -0.143. The quantitative estimate of drug-likeness (QED) is 0.571. The third-order valence-corrected chi connectivity index (χ3v) is 4.16. The summed E-state index contributed by atoms with van der Waals surface area (Å²) in [5, 5.41) is 8.49. The molecule has 1 saturated carbocycles. The zero-order valence-electron chi connectivity index (χ0n) is 10.8. The highest BCUT2D eigenvalue weighted by Crippen LogP contribution is 2.63. The summed E-state index contributed by atoms with van der Waals surface area (Å²) >= 11 is 0. The lowest BCUT2D eigenvalue weighted by Crippen LogP contribution is -2.36. The number of aliphatic carboxylic acids is 1. The molecule has 18 heavy (non-hydrogen) atoms. The summed E-state index contributed by atoms with van der Waals surface area (Å²) in [6, 6.07) is 0. The number of carbonyl (C=O) groups excluding carboxylic acids is 2. The maximum absolute atomic E-state index is 12.0. The Bertz CT molecular complexity index is 378. The van der Waals surface area contributed by atoms with E-state index >= 15 is 0 Å². The van der Waals surface area contributed by atoms with Crippen LogP contribution in [0.15, 0.2) is 0 Å². The molecule has 1 N–H and O–H groups in total. The summed E-state index contributed by atoms with van der Waals surface area (Å²) < 4.78 is 0. The van der Waals surface area contributed by atoms with Gasteiger partial charge in [-0.25, -0.2) is 0 Å². The largest absolute Gasteiger partial charge is 0.481 e. The minimum absolute atomic E-state index is 0.0340. The van der Waals surface area contributed by atoms with Crippen molar-refractivity contribution >= 4 is 17.8 Å². The summed E-state index contributed by atoms with van der Waals surface area (Å²) in [6.07, 6.45) is 2.19. The molecule has 2 unspecified atom stereocenters. The van der Waals surface area contributed by atoms with Crippen LogP contribution in [0.1, 0.15) is 39.5 Å². The van der Waals surface area contributed by atoms with Gasteiger partial charge in [-0.2, -0.15) is 0 Å².